The Hall–Kier alpha value is -1.72. The summed E-state index contributed by atoms with van der Waals surface area (Å²) in [5, 5.41) is 0. The van der Waals surface area contributed by atoms with Crippen molar-refractivity contribution >= 4 is 16.9 Å². The van der Waals surface area contributed by atoms with Crippen LogP contribution in [-0.2, 0) is 20.7 Å². The fourth-order valence-corrected chi connectivity index (χ4v) is 1.93. The molecule has 1 saturated heterocycles. The second-order valence-electron chi connectivity index (χ2n) is 4.15. The van der Waals surface area contributed by atoms with Gasteiger partial charge in [0.1, 0.15) is 11.6 Å². The quantitative estimate of drug-likeness (QED) is 0.819. The van der Waals surface area contributed by atoms with E-state index < -0.39 is 6.10 Å². The Morgan fingerprint density at radius 1 is 1.33 bits per heavy atom. The molecule has 1 aromatic heterocycles. The molecule has 1 unspecified atom stereocenters. The average molecular weight is 247 g/mol. The number of ketones is 1. The van der Waals surface area contributed by atoms with Gasteiger partial charge in [0.25, 0.3) is 0 Å². The molecule has 1 aromatic carbocycles. The number of hydrogen-bond donors (Lipinski definition) is 0. The van der Waals surface area contributed by atoms with E-state index in [1.165, 1.54) is 0 Å². The highest BCUT2D eigenvalue weighted by Gasteiger charge is 2.24. The molecule has 2 aromatic rings. The molecule has 1 aliphatic rings. The third kappa shape index (κ3) is 2.27. The number of carbonyl (C=O) groups excluding carboxylic acids is 1. The van der Waals surface area contributed by atoms with Crippen molar-refractivity contribution < 1.29 is 18.7 Å². The van der Waals surface area contributed by atoms with E-state index in [4.69, 9.17) is 13.9 Å². The molecule has 94 valence electrons. The van der Waals surface area contributed by atoms with Crippen LogP contribution in [0.5, 0.6) is 0 Å². The van der Waals surface area contributed by atoms with Crippen LogP contribution in [-0.4, -0.2) is 36.7 Å². The average Bonchev–Trinajstić information content (AvgIpc) is 2.82. The van der Waals surface area contributed by atoms with Gasteiger partial charge >= 0.3 is 0 Å². The van der Waals surface area contributed by atoms with Crippen LogP contribution < -0.4 is 0 Å². The number of para-hydroxylation sites is 2. The van der Waals surface area contributed by atoms with Gasteiger partial charge in [0.15, 0.2) is 11.4 Å². The molecule has 3 rings (SSSR count). The highest BCUT2D eigenvalue weighted by molar-refractivity contribution is 5.85. The normalized spacial score (nSPS) is 20.1. The maximum Gasteiger partial charge on any atom is 0.203 e. The number of oxazole rings is 1. The highest BCUT2D eigenvalue weighted by atomic mass is 16.6. The van der Waals surface area contributed by atoms with Crippen LogP contribution >= 0.6 is 0 Å². The lowest BCUT2D eigenvalue weighted by molar-refractivity contribution is -0.144. The van der Waals surface area contributed by atoms with Crippen LogP contribution in [0.15, 0.2) is 28.7 Å². The second-order valence-corrected chi connectivity index (χ2v) is 4.15. The predicted molar refractivity (Wildman–Crippen MR) is 63.3 cm³/mol. The van der Waals surface area contributed by atoms with E-state index in [1.807, 2.05) is 24.3 Å². The molecule has 0 saturated carbocycles. The molecule has 0 amide bonds. The first kappa shape index (κ1) is 11.4. The van der Waals surface area contributed by atoms with E-state index >= 15 is 0 Å². The minimum atomic E-state index is -0.492. The zero-order valence-corrected chi connectivity index (χ0v) is 9.80. The standard InChI is InChI=1S/C13H13NO4/c15-10(12-8-16-5-6-17-12)7-13-14-9-3-1-2-4-11(9)18-13/h1-4,12H,5-8H2. The topological polar surface area (TPSA) is 61.6 Å². The number of fused-ring (bicyclic) bond motifs is 1. The van der Waals surface area contributed by atoms with Gasteiger partial charge in [-0.25, -0.2) is 4.98 Å². The molecule has 0 radical (unpaired) electrons. The molecule has 1 atom stereocenters. The van der Waals surface area contributed by atoms with Gasteiger partial charge in [-0.15, -0.1) is 0 Å². The van der Waals surface area contributed by atoms with Crippen LogP contribution in [0.1, 0.15) is 5.89 Å². The molecule has 1 aliphatic heterocycles. The van der Waals surface area contributed by atoms with E-state index in [0.29, 0.717) is 31.3 Å². The summed E-state index contributed by atoms with van der Waals surface area (Å²) < 4.78 is 16.0. The lowest BCUT2D eigenvalue weighted by Crippen LogP contribution is -2.36. The summed E-state index contributed by atoms with van der Waals surface area (Å²) in [7, 11) is 0. The third-order valence-corrected chi connectivity index (χ3v) is 2.84. The number of rotatable bonds is 3. The van der Waals surface area contributed by atoms with E-state index in [2.05, 4.69) is 4.98 Å². The van der Waals surface area contributed by atoms with Gasteiger partial charge in [-0.3, -0.25) is 4.79 Å². The van der Waals surface area contributed by atoms with Gasteiger partial charge in [-0.1, -0.05) is 12.1 Å². The molecular weight excluding hydrogens is 234 g/mol. The van der Waals surface area contributed by atoms with Gasteiger partial charge in [-0.2, -0.15) is 0 Å². The lowest BCUT2D eigenvalue weighted by Gasteiger charge is -2.21. The molecular formula is C13H13NO4. The monoisotopic (exact) mass is 247 g/mol. The molecule has 0 spiro atoms. The molecule has 1 fully saturated rings. The number of carbonyl (C=O) groups is 1. The van der Waals surface area contributed by atoms with Crippen molar-refractivity contribution in [3.63, 3.8) is 0 Å². The fraction of sp³-hybridized carbons (Fsp3) is 0.385. The molecule has 0 bridgehead atoms. The summed E-state index contributed by atoms with van der Waals surface area (Å²) in [5.74, 6) is 0.372. The fourth-order valence-electron chi connectivity index (χ4n) is 1.93. The highest BCUT2D eigenvalue weighted by Crippen LogP contribution is 2.16. The Morgan fingerprint density at radius 2 is 2.22 bits per heavy atom. The van der Waals surface area contributed by atoms with E-state index in [9.17, 15) is 4.79 Å². The van der Waals surface area contributed by atoms with Crippen molar-refractivity contribution in [2.24, 2.45) is 0 Å². The summed E-state index contributed by atoms with van der Waals surface area (Å²) in [6.07, 6.45) is -0.350. The molecule has 2 heterocycles. The summed E-state index contributed by atoms with van der Waals surface area (Å²) in [5.41, 5.74) is 1.46. The first-order chi connectivity index (χ1) is 8.83. The molecule has 18 heavy (non-hydrogen) atoms. The van der Waals surface area contributed by atoms with Gasteiger partial charge < -0.3 is 13.9 Å². The van der Waals surface area contributed by atoms with Crippen molar-refractivity contribution in [2.75, 3.05) is 19.8 Å². The van der Waals surface area contributed by atoms with Crippen molar-refractivity contribution in [3.8, 4) is 0 Å². The maximum absolute atomic E-state index is 11.9. The Bertz CT molecular complexity index is 524. The van der Waals surface area contributed by atoms with Crippen LogP contribution in [0, 0.1) is 0 Å². The third-order valence-electron chi connectivity index (χ3n) is 2.84. The van der Waals surface area contributed by atoms with Crippen LogP contribution in [0.3, 0.4) is 0 Å². The number of aromatic nitrogens is 1. The van der Waals surface area contributed by atoms with Crippen LogP contribution in [0.2, 0.25) is 0 Å². The Labute approximate surface area is 104 Å². The summed E-state index contributed by atoms with van der Waals surface area (Å²) in [6.45, 7) is 1.33. The molecule has 0 aliphatic carbocycles. The second kappa shape index (κ2) is 4.88. The SMILES string of the molecule is O=C(Cc1nc2ccccc2o1)C1COCCO1. The molecule has 5 heteroatoms. The van der Waals surface area contributed by atoms with E-state index in [-0.39, 0.29) is 12.2 Å². The van der Waals surface area contributed by atoms with Crippen LogP contribution in [0.25, 0.3) is 11.1 Å². The Kier molecular flexibility index (Phi) is 3.08. The minimum Gasteiger partial charge on any atom is -0.440 e. The van der Waals surface area contributed by atoms with E-state index in [0.717, 1.165) is 5.52 Å². The van der Waals surface area contributed by atoms with E-state index in [1.54, 1.807) is 0 Å². The Morgan fingerprint density at radius 3 is 3.00 bits per heavy atom. The smallest absolute Gasteiger partial charge is 0.203 e. The largest absolute Gasteiger partial charge is 0.440 e. The summed E-state index contributed by atoms with van der Waals surface area (Å²) in [4.78, 5) is 16.2. The first-order valence-electron chi connectivity index (χ1n) is 5.89. The minimum absolute atomic E-state index is 0.0544. The molecule has 5 nitrogen and oxygen atoms in total. The van der Waals surface area contributed by atoms with Crippen molar-refractivity contribution in [1.82, 2.24) is 4.98 Å². The van der Waals surface area contributed by atoms with Gasteiger partial charge in [0.2, 0.25) is 5.89 Å². The summed E-state index contributed by atoms with van der Waals surface area (Å²) >= 11 is 0. The zero-order chi connectivity index (χ0) is 12.4. The number of hydrogen-bond acceptors (Lipinski definition) is 5. The van der Waals surface area contributed by atoms with Gasteiger partial charge in [0, 0.05) is 0 Å². The van der Waals surface area contributed by atoms with Gasteiger partial charge in [-0.05, 0) is 12.1 Å². The number of benzene rings is 1. The lowest BCUT2D eigenvalue weighted by atomic mass is 10.1. The van der Waals surface area contributed by atoms with Gasteiger partial charge in [0.05, 0.1) is 26.2 Å². The summed E-state index contributed by atoms with van der Waals surface area (Å²) in [6, 6.07) is 7.44. The van der Waals surface area contributed by atoms with Crippen LogP contribution in [0.4, 0.5) is 0 Å². The predicted octanol–water partition coefficient (Wildman–Crippen LogP) is 1.35. The number of ether oxygens (including phenoxy) is 2. The zero-order valence-electron chi connectivity index (χ0n) is 9.80. The molecule has 0 N–H and O–H groups in total. The first-order valence-corrected chi connectivity index (χ1v) is 5.89. The van der Waals surface area contributed by atoms with Crippen molar-refractivity contribution in [2.45, 2.75) is 12.5 Å². The van der Waals surface area contributed by atoms with Crippen molar-refractivity contribution in [1.29, 1.82) is 0 Å². The maximum atomic E-state index is 11.9. The number of nitrogens with zero attached hydrogens (tertiary/aromatic N) is 1. The van der Waals surface area contributed by atoms with Crippen molar-refractivity contribution in [3.05, 3.63) is 30.2 Å². The number of Topliss-reactive ketones (excluding diaryl/α,β-unsaturated/α-hetero) is 1. The Balaban J connectivity index is 1.73.